The normalized spacial score (nSPS) is 28.3. The van der Waals surface area contributed by atoms with Crippen molar-refractivity contribution in [3.05, 3.63) is 12.2 Å². The maximum Gasteiger partial charge on any atom is 0.145 e. The molecule has 1 N–H and O–H groups in total. The highest BCUT2D eigenvalue weighted by Gasteiger charge is 2.30. The number of hydrogen-bond acceptors (Lipinski definition) is 3. The summed E-state index contributed by atoms with van der Waals surface area (Å²) >= 11 is 0. The van der Waals surface area contributed by atoms with Crippen LogP contribution in [-0.2, 0) is 4.79 Å². The molecule has 0 atom stereocenters. The average Bonchev–Trinajstić information content (AvgIpc) is 2.68. The summed E-state index contributed by atoms with van der Waals surface area (Å²) in [5, 5.41) is 9.59. The van der Waals surface area contributed by atoms with Gasteiger partial charge < -0.3 is 10.0 Å². The minimum absolute atomic E-state index is 0.0200. The quantitative estimate of drug-likeness (QED) is 0.321. The third-order valence-electron chi connectivity index (χ3n) is 6.56. The lowest BCUT2D eigenvalue weighted by Crippen LogP contribution is -2.27. The molecule has 0 bridgehead atoms. The van der Waals surface area contributed by atoms with Crippen molar-refractivity contribution in [2.24, 2.45) is 17.8 Å². The second-order valence-corrected chi connectivity index (χ2v) is 9.17. The average molecular weight is 380 g/mol. The van der Waals surface area contributed by atoms with Crippen molar-refractivity contribution in [1.82, 2.24) is 4.90 Å². The van der Waals surface area contributed by atoms with Crippen molar-refractivity contribution in [3.63, 3.8) is 0 Å². The Labute approximate surface area is 168 Å². The van der Waals surface area contributed by atoms with E-state index in [0.717, 1.165) is 49.8 Å². The lowest BCUT2D eigenvalue weighted by molar-refractivity contribution is -0.105. The first-order chi connectivity index (χ1) is 13.0. The fraction of sp³-hybridized carbons (Fsp3) is 0.875. The Kier molecular flexibility index (Phi) is 12.9. The summed E-state index contributed by atoms with van der Waals surface area (Å²) in [7, 11) is 3.94. The van der Waals surface area contributed by atoms with Crippen molar-refractivity contribution in [2.45, 2.75) is 96.5 Å². The zero-order chi connectivity index (χ0) is 20.1. The third kappa shape index (κ3) is 11.0. The number of rotatable bonds is 9. The maximum atomic E-state index is 10.00. The van der Waals surface area contributed by atoms with E-state index in [9.17, 15) is 9.90 Å². The van der Waals surface area contributed by atoms with Crippen molar-refractivity contribution in [3.8, 4) is 0 Å². The van der Waals surface area contributed by atoms with E-state index in [1.165, 1.54) is 64.2 Å². The molecule has 0 aromatic heterocycles. The van der Waals surface area contributed by atoms with Gasteiger partial charge in [-0.25, -0.2) is 0 Å². The van der Waals surface area contributed by atoms with Crippen LogP contribution >= 0.6 is 0 Å². The number of aldehydes is 1. The number of carbonyl (C=O) groups is 1. The number of hydrogen-bond donors (Lipinski definition) is 1. The van der Waals surface area contributed by atoms with Crippen molar-refractivity contribution >= 4 is 6.29 Å². The molecule has 2 fully saturated rings. The van der Waals surface area contributed by atoms with E-state index in [1.54, 1.807) is 0 Å². The van der Waals surface area contributed by atoms with E-state index >= 15 is 0 Å². The Morgan fingerprint density at radius 1 is 1.00 bits per heavy atom. The lowest BCUT2D eigenvalue weighted by Gasteiger charge is -2.37. The van der Waals surface area contributed by atoms with Gasteiger partial charge in [-0.15, -0.1) is 0 Å². The summed E-state index contributed by atoms with van der Waals surface area (Å²) in [6.07, 6.45) is 18.0. The highest BCUT2D eigenvalue weighted by Crippen LogP contribution is 2.41. The van der Waals surface area contributed by atoms with Gasteiger partial charge >= 0.3 is 0 Å². The molecule has 0 aromatic carbocycles. The third-order valence-corrected chi connectivity index (χ3v) is 6.56. The van der Waals surface area contributed by atoms with Crippen molar-refractivity contribution in [1.29, 1.82) is 0 Å². The van der Waals surface area contributed by atoms with Gasteiger partial charge in [0.25, 0.3) is 0 Å². The summed E-state index contributed by atoms with van der Waals surface area (Å²) in [6, 6.07) is 0. The van der Waals surface area contributed by atoms with Gasteiger partial charge in [-0.1, -0.05) is 52.0 Å². The van der Waals surface area contributed by atoms with Gasteiger partial charge in [0.2, 0.25) is 0 Å². The molecule has 158 valence electrons. The molecular formula is C24H45NO2. The van der Waals surface area contributed by atoms with Crippen molar-refractivity contribution < 1.29 is 9.90 Å². The molecule has 0 unspecified atom stereocenters. The molecule has 2 saturated carbocycles. The summed E-state index contributed by atoms with van der Waals surface area (Å²) in [5.74, 6) is 2.99. The first-order valence-corrected chi connectivity index (χ1v) is 11.4. The predicted octanol–water partition coefficient (Wildman–Crippen LogP) is 5.62. The van der Waals surface area contributed by atoms with E-state index in [0.29, 0.717) is 5.57 Å². The van der Waals surface area contributed by atoms with Crippen LogP contribution in [0.25, 0.3) is 0 Å². The van der Waals surface area contributed by atoms with E-state index in [1.807, 2.05) is 19.0 Å². The van der Waals surface area contributed by atoms with Crippen LogP contribution < -0.4 is 0 Å². The van der Waals surface area contributed by atoms with E-state index < -0.39 is 0 Å². The first kappa shape index (κ1) is 24.4. The summed E-state index contributed by atoms with van der Waals surface area (Å²) in [4.78, 5) is 12.0. The van der Waals surface area contributed by atoms with Crippen LogP contribution in [0.3, 0.4) is 0 Å². The van der Waals surface area contributed by atoms with Gasteiger partial charge in [0.1, 0.15) is 6.29 Å². The second-order valence-electron chi connectivity index (χ2n) is 9.17. The zero-order valence-electron chi connectivity index (χ0n) is 18.3. The smallest absolute Gasteiger partial charge is 0.145 e. The van der Waals surface area contributed by atoms with Gasteiger partial charge in [-0.3, -0.25) is 4.79 Å². The predicted molar refractivity (Wildman–Crippen MR) is 116 cm³/mol. The first-order valence-electron chi connectivity index (χ1n) is 11.4. The molecule has 2 aliphatic carbocycles. The number of aliphatic hydroxyl groups excluding tert-OH is 1. The number of nitrogens with zero attached hydrogens (tertiary/aromatic N) is 1. The fourth-order valence-corrected chi connectivity index (χ4v) is 4.63. The topological polar surface area (TPSA) is 40.5 Å². The Morgan fingerprint density at radius 2 is 1.56 bits per heavy atom. The van der Waals surface area contributed by atoms with Gasteiger partial charge in [0.15, 0.2) is 0 Å². The highest BCUT2D eigenvalue weighted by atomic mass is 16.3. The molecule has 0 aromatic rings. The molecular weight excluding hydrogens is 334 g/mol. The van der Waals surface area contributed by atoms with Gasteiger partial charge in [0, 0.05) is 6.54 Å². The summed E-state index contributed by atoms with van der Waals surface area (Å²) in [6.45, 7) is 6.75. The molecule has 3 heteroatoms. The SMILES string of the molecule is C=C(C=O)CCN(C)C.CCCCCC1CCC(C2CCC(O)CC2)CC1. The molecule has 0 spiro atoms. The number of carbonyl (C=O) groups excluding carboxylic acids is 1. The zero-order valence-corrected chi connectivity index (χ0v) is 18.3. The number of unbranched alkanes of at least 4 members (excludes halogenated alkanes) is 2. The summed E-state index contributed by atoms with van der Waals surface area (Å²) < 4.78 is 0. The van der Waals surface area contributed by atoms with Crippen LogP contribution in [-0.4, -0.2) is 43.0 Å². The van der Waals surface area contributed by atoms with Gasteiger partial charge in [0.05, 0.1) is 6.10 Å². The molecule has 0 radical (unpaired) electrons. The van der Waals surface area contributed by atoms with E-state index in [-0.39, 0.29) is 6.10 Å². The minimum atomic E-state index is 0.0200. The molecule has 0 heterocycles. The fourth-order valence-electron chi connectivity index (χ4n) is 4.63. The Hall–Kier alpha value is -0.670. The van der Waals surface area contributed by atoms with Crippen LogP contribution in [0.2, 0.25) is 0 Å². The van der Waals surface area contributed by atoms with E-state index in [2.05, 4.69) is 13.5 Å². The molecule has 0 aliphatic heterocycles. The van der Waals surface area contributed by atoms with Crippen LogP contribution in [0.4, 0.5) is 0 Å². The molecule has 0 amide bonds. The van der Waals surface area contributed by atoms with E-state index in [4.69, 9.17) is 0 Å². The maximum absolute atomic E-state index is 10.00. The lowest BCUT2D eigenvalue weighted by atomic mass is 9.70. The molecule has 2 rings (SSSR count). The van der Waals surface area contributed by atoms with Gasteiger partial charge in [-0.2, -0.15) is 0 Å². The molecule has 2 aliphatic rings. The molecule has 27 heavy (non-hydrogen) atoms. The second kappa shape index (κ2) is 14.3. The van der Waals surface area contributed by atoms with Crippen LogP contribution in [0, 0.1) is 17.8 Å². The Morgan fingerprint density at radius 3 is 2.04 bits per heavy atom. The Bertz CT molecular complexity index is 391. The standard InChI is InChI=1S/C17H32O.C7H13NO/c1-2-3-4-5-14-6-8-15(9-7-14)16-10-12-17(18)13-11-16;1-7(6-9)4-5-8(2)3/h14-18H,2-13H2,1H3;6H,1,4-5H2,2-3H3. The molecule has 3 nitrogen and oxygen atoms in total. The van der Waals surface area contributed by atoms with Gasteiger partial charge in [-0.05, 0) is 82.4 Å². The molecule has 0 saturated heterocycles. The van der Waals surface area contributed by atoms with Crippen LogP contribution in [0.1, 0.15) is 90.4 Å². The van der Waals surface area contributed by atoms with Crippen LogP contribution in [0.15, 0.2) is 12.2 Å². The highest BCUT2D eigenvalue weighted by molar-refractivity contribution is 5.71. The number of aliphatic hydroxyl groups is 1. The Balaban J connectivity index is 0.000000345. The largest absolute Gasteiger partial charge is 0.393 e. The van der Waals surface area contributed by atoms with Crippen molar-refractivity contribution in [2.75, 3.05) is 20.6 Å². The monoisotopic (exact) mass is 379 g/mol. The minimum Gasteiger partial charge on any atom is -0.393 e. The van der Waals surface area contributed by atoms with Crippen LogP contribution in [0.5, 0.6) is 0 Å². The summed E-state index contributed by atoms with van der Waals surface area (Å²) in [5.41, 5.74) is 0.670.